The molecule has 3 rings (SSSR count). The van der Waals surface area contributed by atoms with Crippen molar-refractivity contribution in [3.8, 4) is 11.4 Å². The Balaban J connectivity index is 2.03. The van der Waals surface area contributed by atoms with Crippen LogP contribution in [-0.4, -0.2) is 14.9 Å². The van der Waals surface area contributed by atoms with E-state index in [4.69, 9.17) is 23.2 Å². The van der Waals surface area contributed by atoms with E-state index in [2.05, 4.69) is 18.1 Å². The molecule has 23 heavy (non-hydrogen) atoms. The van der Waals surface area contributed by atoms with Crippen molar-refractivity contribution in [3.05, 3.63) is 75.5 Å². The van der Waals surface area contributed by atoms with E-state index in [1.54, 1.807) is 24.3 Å². The summed E-state index contributed by atoms with van der Waals surface area (Å²) in [5.41, 5.74) is 3.95. The van der Waals surface area contributed by atoms with Gasteiger partial charge in [0.2, 0.25) is 0 Å². The van der Waals surface area contributed by atoms with Gasteiger partial charge in [-0.3, -0.25) is 0 Å². The lowest BCUT2D eigenvalue weighted by Crippen LogP contribution is -2.04. The molecule has 0 atom stereocenters. The Hall–Kier alpha value is -1.97. The number of benzene rings is 2. The van der Waals surface area contributed by atoms with E-state index in [1.165, 1.54) is 0 Å². The van der Waals surface area contributed by atoms with Crippen LogP contribution in [0.4, 0.5) is 0 Å². The fraction of sp³-hybridized carbons (Fsp3) is 0.167. The number of aromatic nitrogens is 2. The van der Waals surface area contributed by atoms with E-state index in [1.807, 2.05) is 22.9 Å². The number of nitrogens with zero attached hydrogens (tertiary/aromatic N) is 2. The first-order valence-corrected chi connectivity index (χ1v) is 8.13. The largest absolute Gasteiger partial charge is 0.508 e. The quantitative estimate of drug-likeness (QED) is 0.718. The van der Waals surface area contributed by atoms with Gasteiger partial charge in [-0.05, 0) is 48.4 Å². The molecule has 1 heterocycles. The van der Waals surface area contributed by atoms with E-state index >= 15 is 0 Å². The lowest BCUT2D eigenvalue weighted by Gasteiger charge is -2.10. The number of aromatic hydroxyl groups is 1. The van der Waals surface area contributed by atoms with Crippen LogP contribution in [0.1, 0.15) is 23.9 Å². The van der Waals surface area contributed by atoms with E-state index in [0.717, 1.165) is 29.1 Å². The van der Waals surface area contributed by atoms with Crippen molar-refractivity contribution in [2.75, 3.05) is 0 Å². The van der Waals surface area contributed by atoms with E-state index in [9.17, 15) is 5.11 Å². The highest BCUT2D eigenvalue weighted by Crippen LogP contribution is 2.26. The van der Waals surface area contributed by atoms with Crippen LogP contribution in [0.2, 0.25) is 10.0 Å². The van der Waals surface area contributed by atoms with Crippen LogP contribution < -0.4 is 0 Å². The smallest absolute Gasteiger partial charge is 0.115 e. The Morgan fingerprint density at radius 3 is 2.43 bits per heavy atom. The van der Waals surface area contributed by atoms with Crippen LogP contribution in [0.25, 0.3) is 5.69 Å². The number of phenols is 1. The molecule has 0 bridgehead atoms. The van der Waals surface area contributed by atoms with Gasteiger partial charge in [0.25, 0.3) is 0 Å². The highest BCUT2D eigenvalue weighted by atomic mass is 35.5. The second-order valence-corrected chi connectivity index (χ2v) is 6.17. The molecule has 2 aromatic carbocycles. The normalized spacial score (nSPS) is 10.9. The van der Waals surface area contributed by atoms with Gasteiger partial charge in [0.15, 0.2) is 0 Å². The molecule has 0 saturated carbocycles. The van der Waals surface area contributed by atoms with Crippen molar-refractivity contribution in [1.29, 1.82) is 0 Å². The van der Waals surface area contributed by atoms with E-state index in [0.29, 0.717) is 16.5 Å². The van der Waals surface area contributed by atoms with E-state index < -0.39 is 0 Å². The van der Waals surface area contributed by atoms with Crippen LogP contribution in [0.15, 0.2) is 48.5 Å². The molecule has 1 aromatic heterocycles. The maximum absolute atomic E-state index is 9.41. The minimum atomic E-state index is 0.261. The number of halogens is 2. The lowest BCUT2D eigenvalue weighted by atomic mass is 10.1. The zero-order chi connectivity index (χ0) is 16.4. The average molecular weight is 347 g/mol. The number of aryl methyl sites for hydroxylation is 1. The van der Waals surface area contributed by atoms with Gasteiger partial charge in [0.1, 0.15) is 5.75 Å². The second kappa shape index (κ2) is 6.65. The maximum atomic E-state index is 9.41. The molecule has 0 radical (unpaired) electrons. The van der Waals surface area contributed by atoms with Crippen molar-refractivity contribution < 1.29 is 5.11 Å². The summed E-state index contributed by atoms with van der Waals surface area (Å²) in [7, 11) is 0. The molecule has 5 heteroatoms. The van der Waals surface area contributed by atoms with Crippen molar-refractivity contribution >= 4 is 23.2 Å². The third-order valence-electron chi connectivity index (χ3n) is 3.66. The van der Waals surface area contributed by atoms with Crippen LogP contribution in [0.5, 0.6) is 5.75 Å². The fourth-order valence-corrected chi connectivity index (χ4v) is 2.95. The Labute approximate surface area is 145 Å². The van der Waals surface area contributed by atoms with Crippen molar-refractivity contribution in [1.82, 2.24) is 9.78 Å². The van der Waals surface area contributed by atoms with E-state index in [-0.39, 0.29) is 5.75 Å². The van der Waals surface area contributed by atoms with Crippen LogP contribution in [0, 0.1) is 0 Å². The molecule has 0 amide bonds. The summed E-state index contributed by atoms with van der Waals surface area (Å²) in [5.74, 6) is 0.261. The lowest BCUT2D eigenvalue weighted by molar-refractivity contribution is 0.475. The molecule has 0 fully saturated rings. The van der Waals surface area contributed by atoms with Crippen molar-refractivity contribution in [3.63, 3.8) is 0 Å². The Kier molecular flexibility index (Phi) is 4.60. The molecule has 118 valence electrons. The molecule has 3 nitrogen and oxygen atoms in total. The Bertz CT molecular complexity index is 826. The summed E-state index contributed by atoms with van der Waals surface area (Å²) in [6.45, 7) is 2.07. The molecule has 0 saturated heterocycles. The standard InChI is InChI=1S/C18H16Cl2N2O/c1-2-14-11-15(9-12-3-6-16(23)7-4-12)22(21-14)18-8-5-13(19)10-17(18)20/h3-8,10-11,23H,2,9H2,1H3. The minimum absolute atomic E-state index is 0.261. The van der Waals surface area contributed by atoms with Gasteiger partial charge in [0, 0.05) is 17.1 Å². The maximum Gasteiger partial charge on any atom is 0.115 e. The van der Waals surface area contributed by atoms with Crippen molar-refractivity contribution in [2.24, 2.45) is 0 Å². The summed E-state index contributed by atoms with van der Waals surface area (Å²) in [6.07, 6.45) is 1.55. The third-order valence-corrected chi connectivity index (χ3v) is 4.19. The number of phenolic OH excluding ortho intramolecular Hbond substituents is 1. The first kappa shape index (κ1) is 15.9. The van der Waals surface area contributed by atoms with Gasteiger partial charge in [-0.1, -0.05) is 42.3 Å². The van der Waals surface area contributed by atoms with Gasteiger partial charge in [-0.25, -0.2) is 4.68 Å². The molecular formula is C18H16Cl2N2O. The fourth-order valence-electron chi connectivity index (χ4n) is 2.46. The van der Waals surface area contributed by atoms with Gasteiger partial charge in [-0.2, -0.15) is 5.10 Å². The Morgan fingerprint density at radius 2 is 1.78 bits per heavy atom. The molecule has 0 spiro atoms. The highest BCUT2D eigenvalue weighted by Gasteiger charge is 2.12. The second-order valence-electron chi connectivity index (χ2n) is 5.33. The summed E-state index contributed by atoms with van der Waals surface area (Å²) < 4.78 is 1.87. The number of hydrogen-bond acceptors (Lipinski definition) is 2. The van der Waals surface area contributed by atoms with Gasteiger partial charge in [0.05, 0.1) is 16.4 Å². The van der Waals surface area contributed by atoms with Gasteiger partial charge in [-0.15, -0.1) is 0 Å². The number of hydrogen-bond donors (Lipinski definition) is 1. The predicted octanol–water partition coefficient (Wildman–Crippen LogP) is 5.04. The zero-order valence-corrected chi connectivity index (χ0v) is 14.1. The molecule has 3 aromatic rings. The Morgan fingerprint density at radius 1 is 1.04 bits per heavy atom. The van der Waals surface area contributed by atoms with Crippen LogP contribution >= 0.6 is 23.2 Å². The SMILES string of the molecule is CCc1cc(Cc2ccc(O)cc2)n(-c2ccc(Cl)cc2Cl)n1. The molecule has 1 N–H and O–H groups in total. The highest BCUT2D eigenvalue weighted by molar-refractivity contribution is 6.35. The number of rotatable bonds is 4. The van der Waals surface area contributed by atoms with Gasteiger partial charge >= 0.3 is 0 Å². The monoisotopic (exact) mass is 346 g/mol. The summed E-state index contributed by atoms with van der Waals surface area (Å²) >= 11 is 12.3. The van der Waals surface area contributed by atoms with Crippen LogP contribution in [-0.2, 0) is 12.8 Å². The van der Waals surface area contributed by atoms with Crippen molar-refractivity contribution in [2.45, 2.75) is 19.8 Å². The van der Waals surface area contributed by atoms with Gasteiger partial charge < -0.3 is 5.11 Å². The molecule has 0 aliphatic carbocycles. The third kappa shape index (κ3) is 3.52. The first-order chi connectivity index (χ1) is 11.1. The summed E-state index contributed by atoms with van der Waals surface area (Å²) in [4.78, 5) is 0. The minimum Gasteiger partial charge on any atom is -0.508 e. The summed E-state index contributed by atoms with van der Waals surface area (Å²) in [6, 6.07) is 14.7. The molecular weight excluding hydrogens is 331 g/mol. The topological polar surface area (TPSA) is 38.0 Å². The average Bonchev–Trinajstić information content (AvgIpc) is 2.92. The predicted molar refractivity (Wildman–Crippen MR) is 93.9 cm³/mol. The molecule has 0 aliphatic rings. The molecule has 0 unspecified atom stereocenters. The zero-order valence-electron chi connectivity index (χ0n) is 12.6. The molecule has 0 aliphatic heterocycles. The van der Waals surface area contributed by atoms with Crippen LogP contribution in [0.3, 0.4) is 0 Å². The summed E-state index contributed by atoms with van der Waals surface area (Å²) in [5, 5.41) is 15.2. The first-order valence-electron chi connectivity index (χ1n) is 7.38.